The Morgan fingerprint density at radius 2 is 2.30 bits per heavy atom. The van der Waals surface area contributed by atoms with Gasteiger partial charge in [-0.1, -0.05) is 0 Å². The van der Waals surface area contributed by atoms with E-state index in [0.29, 0.717) is 0 Å². The number of nitrogens with zero attached hydrogens (tertiary/aromatic N) is 1. The van der Waals surface area contributed by atoms with E-state index < -0.39 is 49.2 Å². The van der Waals surface area contributed by atoms with Crippen molar-refractivity contribution in [3.8, 4) is 0 Å². The first kappa shape index (κ1) is 13.7. The molecule has 0 bridgehead atoms. The Hall–Kier alpha value is -1.26. The van der Waals surface area contributed by atoms with Crippen molar-refractivity contribution in [2.75, 3.05) is 6.61 Å². The van der Waals surface area contributed by atoms with E-state index in [1.807, 2.05) is 0 Å². The molecule has 5 N–H and O–H groups in total. The zero-order chi connectivity index (χ0) is 14.4. The van der Waals surface area contributed by atoms with Crippen LogP contribution in [-0.4, -0.2) is 64.6 Å². The molecule has 112 valence electrons. The van der Waals surface area contributed by atoms with Gasteiger partial charge in [0.05, 0.1) is 12.7 Å². The highest BCUT2D eigenvalue weighted by molar-refractivity contribution is 5.77. The molecule has 0 aromatic heterocycles. The minimum Gasteiger partial charge on any atom is -0.394 e. The smallest absolute Gasteiger partial charge is 0.325 e. The summed E-state index contributed by atoms with van der Waals surface area (Å²) in [5.41, 5.74) is 5.35. The summed E-state index contributed by atoms with van der Waals surface area (Å²) in [6, 6.07) is -0.603. The third-order valence-electron chi connectivity index (χ3n) is 3.67. The summed E-state index contributed by atoms with van der Waals surface area (Å²) in [6.07, 6.45) is -3.31. The second-order valence-electron chi connectivity index (χ2n) is 5.03. The number of carbonyl (C=O) groups excluding carboxylic acids is 1. The monoisotopic (exact) mass is 289 g/mol. The molecule has 0 aliphatic carbocycles. The van der Waals surface area contributed by atoms with Gasteiger partial charge in [0.15, 0.2) is 5.83 Å². The summed E-state index contributed by atoms with van der Waals surface area (Å²) in [4.78, 5) is 12.9. The lowest BCUT2D eigenvalue weighted by Gasteiger charge is -2.34. The fraction of sp³-hybridized carbons (Fsp3) is 0.727. The average molecular weight is 289 g/mol. The van der Waals surface area contributed by atoms with Crippen LogP contribution in [0.2, 0.25) is 0 Å². The zero-order valence-corrected chi connectivity index (χ0v) is 10.5. The minimum atomic E-state index is -1.17. The Morgan fingerprint density at radius 1 is 1.55 bits per heavy atom. The lowest BCUT2D eigenvalue weighted by molar-refractivity contribution is -0.134. The number of amides is 2. The minimum absolute atomic E-state index is 0.272. The number of fused-ring (bicyclic) bond motifs is 1. The van der Waals surface area contributed by atoms with Crippen LogP contribution in [0.4, 0.5) is 9.18 Å². The number of ether oxygens (including phenoxy) is 2. The predicted molar refractivity (Wildman–Crippen MR) is 62.6 cm³/mol. The standard InChI is InChI=1S/C11H16FN3O5/c12-4-2-15(11(18)14-10(4)13)7-1-5-9(20-5)8(17)6(3-16)19-7/h2,5-10,16-17H,1,3,13H2,(H,14,18)/t5-,6-,7?,8-,9-,10?/m1/s1. The van der Waals surface area contributed by atoms with Crippen LogP contribution < -0.4 is 11.1 Å². The molecular weight excluding hydrogens is 273 g/mol. The van der Waals surface area contributed by atoms with Crippen LogP contribution in [0.25, 0.3) is 0 Å². The van der Waals surface area contributed by atoms with E-state index in [4.69, 9.17) is 15.2 Å². The second kappa shape index (κ2) is 4.93. The van der Waals surface area contributed by atoms with Gasteiger partial charge in [-0.15, -0.1) is 0 Å². The van der Waals surface area contributed by atoms with Gasteiger partial charge in [-0.2, -0.15) is 0 Å². The lowest BCUT2D eigenvalue weighted by atomic mass is 10.1. The van der Waals surface area contributed by atoms with Gasteiger partial charge < -0.3 is 30.7 Å². The molecule has 8 nitrogen and oxygen atoms in total. The molecule has 0 radical (unpaired) electrons. The van der Waals surface area contributed by atoms with Crippen molar-refractivity contribution in [3.05, 3.63) is 12.0 Å². The number of halogens is 1. The van der Waals surface area contributed by atoms with E-state index in [9.17, 15) is 19.4 Å². The molecule has 2 amide bonds. The van der Waals surface area contributed by atoms with Crippen LogP contribution in [0.3, 0.4) is 0 Å². The maximum absolute atomic E-state index is 13.5. The van der Waals surface area contributed by atoms with Crippen molar-refractivity contribution in [1.29, 1.82) is 0 Å². The van der Waals surface area contributed by atoms with Crippen molar-refractivity contribution in [1.82, 2.24) is 10.2 Å². The molecular formula is C11H16FN3O5. The average Bonchev–Trinajstić information content (AvgIpc) is 3.17. The fourth-order valence-electron chi connectivity index (χ4n) is 2.49. The van der Waals surface area contributed by atoms with E-state index in [1.54, 1.807) is 0 Å². The zero-order valence-electron chi connectivity index (χ0n) is 10.5. The number of nitrogens with two attached hydrogens (primary N) is 1. The first-order valence-corrected chi connectivity index (χ1v) is 6.32. The molecule has 2 saturated heterocycles. The maximum Gasteiger partial charge on any atom is 0.325 e. The number of carbonyl (C=O) groups is 1. The van der Waals surface area contributed by atoms with E-state index in [1.165, 1.54) is 0 Å². The Bertz CT molecular complexity index is 448. The molecule has 2 unspecified atom stereocenters. The number of hydrogen-bond acceptors (Lipinski definition) is 6. The Labute approximate surface area is 113 Å². The lowest BCUT2D eigenvalue weighted by Crippen LogP contribution is -2.55. The van der Waals surface area contributed by atoms with Gasteiger partial charge >= 0.3 is 6.03 Å². The predicted octanol–water partition coefficient (Wildman–Crippen LogP) is -1.66. The summed E-state index contributed by atoms with van der Waals surface area (Å²) >= 11 is 0. The summed E-state index contributed by atoms with van der Waals surface area (Å²) in [5, 5.41) is 21.4. The summed E-state index contributed by atoms with van der Waals surface area (Å²) in [6.45, 7) is -0.425. The summed E-state index contributed by atoms with van der Waals surface area (Å²) in [7, 11) is 0. The molecule has 0 spiro atoms. The number of urea groups is 1. The van der Waals surface area contributed by atoms with Crippen LogP contribution in [0.5, 0.6) is 0 Å². The van der Waals surface area contributed by atoms with Crippen molar-refractivity contribution < 1.29 is 28.9 Å². The number of aliphatic hydroxyl groups excluding tert-OH is 2. The number of hydrogen-bond donors (Lipinski definition) is 4. The maximum atomic E-state index is 13.5. The largest absolute Gasteiger partial charge is 0.394 e. The number of epoxide rings is 1. The molecule has 20 heavy (non-hydrogen) atoms. The van der Waals surface area contributed by atoms with Crippen LogP contribution in [0.15, 0.2) is 12.0 Å². The van der Waals surface area contributed by atoms with Crippen LogP contribution >= 0.6 is 0 Å². The van der Waals surface area contributed by atoms with Gasteiger partial charge in [0.1, 0.15) is 30.7 Å². The Kier molecular flexibility index (Phi) is 3.38. The summed E-state index contributed by atoms with van der Waals surface area (Å²) < 4.78 is 24.3. The quantitative estimate of drug-likeness (QED) is 0.452. The van der Waals surface area contributed by atoms with E-state index in [2.05, 4.69) is 5.32 Å². The van der Waals surface area contributed by atoms with Gasteiger partial charge in [-0.25, -0.2) is 9.18 Å². The number of rotatable bonds is 2. The van der Waals surface area contributed by atoms with Crippen LogP contribution in [-0.2, 0) is 9.47 Å². The SMILES string of the molecule is NC1NC(=O)N(C2C[C@H]3O[C@H]3[C@H](O)[C@@H](CO)O2)C=C1F. The third-order valence-corrected chi connectivity index (χ3v) is 3.67. The topological polar surface area (TPSA) is 121 Å². The van der Waals surface area contributed by atoms with Gasteiger partial charge in [0.25, 0.3) is 0 Å². The molecule has 3 rings (SSSR count). The molecule has 2 fully saturated rings. The summed E-state index contributed by atoms with van der Waals surface area (Å²) in [5.74, 6) is -0.702. The first-order chi connectivity index (χ1) is 9.51. The highest BCUT2D eigenvalue weighted by Gasteiger charge is 2.53. The van der Waals surface area contributed by atoms with Crippen molar-refractivity contribution >= 4 is 6.03 Å². The van der Waals surface area contributed by atoms with Gasteiger partial charge in [0, 0.05) is 12.6 Å². The fourth-order valence-corrected chi connectivity index (χ4v) is 2.49. The molecule has 3 aliphatic heterocycles. The third kappa shape index (κ3) is 2.27. The highest BCUT2D eigenvalue weighted by atomic mass is 19.1. The van der Waals surface area contributed by atoms with Crippen LogP contribution in [0.1, 0.15) is 6.42 Å². The molecule has 0 saturated carbocycles. The van der Waals surface area contributed by atoms with E-state index in [-0.39, 0.29) is 12.5 Å². The van der Waals surface area contributed by atoms with Gasteiger partial charge in [-0.05, 0) is 0 Å². The van der Waals surface area contributed by atoms with E-state index in [0.717, 1.165) is 11.1 Å². The van der Waals surface area contributed by atoms with E-state index >= 15 is 0 Å². The molecule has 3 aliphatic rings. The normalized spacial score (nSPS) is 44.3. The number of nitrogens with one attached hydrogen (secondary N) is 1. The van der Waals surface area contributed by atoms with Gasteiger partial charge in [-0.3, -0.25) is 4.90 Å². The Morgan fingerprint density at radius 3 is 3.00 bits per heavy atom. The second-order valence-corrected chi connectivity index (χ2v) is 5.03. The molecule has 3 heterocycles. The van der Waals surface area contributed by atoms with Crippen LogP contribution in [0, 0.1) is 0 Å². The highest BCUT2D eigenvalue weighted by Crippen LogP contribution is 2.37. The molecule has 6 atom stereocenters. The molecule has 9 heteroatoms. The molecule has 0 aromatic carbocycles. The number of aliphatic hydroxyl groups is 2. The van der Waals surface area contributed by atoms with Crippen molar-refractivity contribution in [2.24, 2.45) is 5.73 Å². The molecule has 0 aromatic rings. The van der Waals surface area contributed by atoms with Crippen molar-refractivity contribution in [3.63, 3.8) is 0 Å². The first-order valence-electron chi connectivity index (χ1n) is 6.32. The van der Waals surface area contributed by atoms with Crippen molar-refractivity contribution in [2.45, 2.75) is 43.2 Å². The Balaban J connectivity index is 1.80. The van der Waals surface area contributed by atoms with Gasteiger partial charge in [0.2, 0.25) is 0 Å².